The molecule has 0 fully saturated rings. The van der Waals surface area contributed by atoms with E-state index in [1.165, 1.54) is 17.8 Å². The summed E-state index contributed by atoms with van der Waals surface area (Å²) in [6.45, 7) is 0. The van der Waals surface area contributed by atoms with Crippen LogP contribution in [0.5, 0.6) is 5.75 Å². The maximum atomic E-state index is 5.61. The summed E-state index contributed by atoms with van der Waals surface area (Å²) in [5, 5.41) is 0.586. The quantitative estimate of drug-likeness (QED) is 0.647. The van der Waals surface area contributed by atoms with Gasteiger partial charge in [0.05, 0.1) is 7.11 Å². The summed E-state index contributed by atoms with van der Waals surface area (Å²) < 4.78 is 5.10. The number of benzene rings is 1. The lowest BCUT2D eigenvalue weighted by molar-refractivity contribution is 0.414. The van der Waals surface area contributed by atoms with Crippen molar-refractivity contribution in [2.75, 3.05) is 18.6 Å². The first-order chi connectivity index (χ1) is 8.67. The van der Waals surface area contributed by atoms with Crippen LogP contribution in [0.2, 0.25) is 0 Å². The molecule has 0 bridgehead atoms. The highest BCUT2D eigenvalue weighted by atomic mass is 32.2. The zero-order valence-corrected chi connectivity index (χ0v) is 10.8. The van der Waals surface area contributed by atoms with E-state index in [0.717, 1.165) is 17.1 Å². The third-order valence-electron chi connectivity index (χ3n) is 2.27. The van der Waals surface area contributed by atoms with Crippen molar-refractivity contribution in [1.82, 2.24) is 9.97 Å². The Morgan fingerprint density at radius 1 is 1.11 bits per heavy atom. The van der Waals surface area contributed by atoms with Crippen molar-refractivity contribution in [3.63, 3.8) is 0 Å². The molecule has 0 amide bonds. The number of hydrogen-bond acceptors (Lipinski definition) is 6. The molecule has 5 nitrogen and oxygen atoms in total. The first-order valence-electron chi connectivity index (χ1n) is 5.33. The molecule has 6 heteroatoms. The number of anilines is 2. The first-order valence-corrected chi connectivity index (χ1v) is 6.31. The molecule has 1 aromatic heterocycles. The fraction of sp³-hybridized carbons (Fsp3) is 0.167. The monoisotopic (exact) mass is 262 g/mol. The summed E-state index contributed by atoms with van der Waals surface area (Å²) in [5.41, 5.74) is 12.4. The van der Waals surface area contributed by atoms with Crippen LogP contribution in [-0.4, -0.2) is 17.1 Å². The molecular formula is C12H14N4OS. The fourth-order valence-electron chi connectivity index (χ4n) is 1.40. The molecule has 1 heterocycles. The van der Waals surface area contributed by atoms with Crippen LogP contribution in [-0.2, 0) is 5.75 Å². The van der Waals surface area contributed by atoms with Gasteiger partial charge in [0.1, 0.15) is 17.4 Å². The van der Waals surface area contributed by atoms with Gasteiger partial charge < -0.3 is 16.2 Å². The highest BCUT2D eigenvalue weighted by Gasteiger charge is 2.02. The van der Waals surface area contributed by atoms with Crippen LogP contribution in [0.1, 0.15) is 5.56 Å². The summed E-state index contributed by atoms with van der Waals surface area (Å²) in [7, 11) is 1.65. The minimum atomic E-state index is 0.389. The number of nitrogens with zero attached hydrogens (tertiary/aromatic N) is 2. The van der Waals surface area contributed by atoms with Crippen molar-refractivity contribution in [3.8, 4) is 5.75 Å². The Hall–Kier alpha value is -1.95. The molecule has 18 heavy (non-hydrogen) atoms. The van der Waals surface area contributed by atoms with Gasteiger partial charge in [0.25, 0.3) is 0 Å². The molecule has 0 unspecified atom stereocenters. The van der Waals surface area contributed by atoms with Crippen LogP contribution >= 0.6 is 11.8 Å². The van der Waals surface area contributed by atoms with Gasteiger partial charge in [0, 0.05) is 11.8 Å². The second-order valence-electron chi connectivity index (χ2n) is 3.64. The van der Waals surface area contributed by atoms with Gasteiger partial charge in [0.2, 0.25) is 0 Å². The second kappa shape index (κ2) is 5.59. The molecule has 2 aromatic rings. The maximum absolute atomic E-state index is 5.61. The summed E-state index contributed by atoms with van der Waals surface area (Å²) in [4.78, 5) is 8.22. The molecule has 0 spiro atoms. The lowest BCUT2D eigenvalue weighted by Crippen LogP contribution is -1.99. The molecule has 0 radical (unpaired) electrons. The highest BCUT2D eigenvalue weighted by molar-refractivity contribution is 7.98. The van der Waals surface area contributed by atoms with Gasteiger partial charge in [-0.3, -0.25) is 0 Å². The largest absolute Gasteiger partial charge is 0.497 e. The van der Waals surface area contributed by atoms with Crippen LogP contribution in [0.25, 0.3) is 0 Å². The number of methoxy groups -OCH3 is 1. The van der Waals surface area contributed by atoms with Crippen molar-refractivity contribution in [2.24, 2.45) is 0 Å². The van der Waals surface area contributed by atoms with Crippen LogP contribution in [0.4, 0.5) is 11.6 Å². The molecule has 0 saturated heterocycles. The standard InChI is InChI=1S/C12H14N4OS/c1-17-9-4-2-8(3-5-9)7-18-12-15-10(13)6-11(14)16-12/h2-6H,7H2,1H3,(H4,13,14,15,16). The number of ether oxygens (including phenoxy) is 1. The number of nitrogen functional groups attached to an aromatic ring is 2. The van der Waals surface area contributed by atoms with E-state index in [2.05, 4.69) is 9.97 Å². The minimum Gasteiger partial charge on any atom is -0.497 e. The third kappa shape index (κ3) is 3.27. The number of thioether (sulfide) groups is 1. The van der Waals surface area contributed by atoms with Crippen molar-refractivity contribution in [1.29, 1.82) is 0 Å². The van der Waals surface area contributed by atoms with Crippen molar-refractivity contribution in [3.05, 3.63) is 35.9 Å². The van der Waals surface area contributed by atoms with E-state index in [9.17, 15) is 0 Å². The topological polar surface area (TPSA) is 87.0 Å². The van der Waals surface area contributed by atoms with Gasteiger partial charge in [-0.05, 0) is 17.7 Å². The van der Waals surface area contributed by atoms with E-state index in [0.29, 0.717) is 16.8 Å². The van der Waals surface area contributed by atoms with Gasteiger partial charge in [-0.25, -0.2) is 9.97 Å². The van der Waals surface area contributed by atoms with Gasteiger partial charge in [0.15, 0.2) is 5.16 Å². The molecule has 0 atom stereocenters. The summed E-state index contributed by atoms with van der Waals surface area (Å²) in [6, 6.07) is 9.38. The average Bonchev–Trinajstić information content (AvgIpc) is 2.36. The number of aromatic nitrogens is 2. The molecule has 0 aliphatic rings. The Morgan fingerprint density at radius 3 is 2.28 bits per heavy atom. The van der Waals surface area contributed by atoms with Gasteiger partial charge in [-0.2, -0.15) is 0 Å². The lowest BCUT2D eigenvalue weighted by Gasteiger charge is -2.04. The van der Waals surface area contributed by atoms with Gasteiger partial charge in [-0.15, -0.1) is 0 Å². The van der Waals surface area contributed by atoms with E-state index in [1.54, 1.807) is 7.11 Å². The van der Waals surface area contributed by atoms with E-state index >= 15 is 0 Å². The molecule has 0 aliphatic heterocycles. The number of nitrogens with two attached hydrogens (primary N) is 2. The zero-order chi connectivity index (χ0) is 13.0. The Bertz CT molecular complexity index is 510. The maximum Gasteiger partial charge on any atom is 0.191 e. The fourth-order valence-corrected chi connectivity index (χ4v) is 2.22. The smallest absolute Gasteiger partial charge is 0.191 e. The predicted molar refractivity (Wildman–Crippen MR) is 73.4 cm³/mol. The second-order valence-corrected chi connectivity index (χ2v) is 4.58. The number of rotatable bonds is 4. The molecule has 2 rings (SSSR count). The number of hydrogen-bond donors (Lipinski definition) is 2. The Balaban J connectivity index is 2.01. The van der Waals surface area contributed by atoms with Gasteiger partial charge in [-0.1, -0.05) is 23.9 Å². The van der Waals surface area contributed by atoms with Crippen molar-refractivity contribution < 1.29 is 4.74 Å². The lowest BCUT2D eigenvalue weighted by atomic mass is 10.2. The van der Waals surface area contributed by atoms with Crippen LogP contribution < -0.4 is 16.2 Å². The van der Waals surface area contributed by atoms with Crippen LogP contribution in [0, 0.1) is 0 Å². The Labute approximate surface area is 110 Å². The minimum absolute atomic E-state index is 0.389. The summed E-state index contributed by atoms with van der Waals surface area (Å²) in [5.74, 6) is 2.38. The van der Waals surface area contributed by atoms with E-state index in [1.807, 2.05) is 24.3 Å². The Kier molecular flexibility index (Phi) is 3.88. The third-order valence-corrected chi connectivity index (χ3v) is 3.19. The molecule has 4 N–H and O–H groups in total. The Morgan fingerprint density at radius 2 is 1.72 bits per heavy atom. The first kappa shape index (κ1) is 12.5. The van der Waals surface area contributed by atoms with Crippen molar-refractivity contribution in [2.45, 2.75) is 10.9 Å². The summed E-state index contributed by atoms with van der Waals surface area (Å²) >= 11 is 1.49. The molecule has 94 valence electrons. The zero-order valence-electron chi connectivity index (χ0n) is 9.96. The van der Waals surface area contributed by atoms with Crippen molar-refractivity contribution >= 4 is 23.4 Å². The summed E-state index contributed by atoms with van der Waals surface area (Å²) in [6.07, 6.45) is 0. The van der Waals surface area contributed by atoms with E-state index in [-0.39, 0.29) is 0 Å². The molecule has 0 saturated carbocycles. The highest BCUT2D eigenvalue weighted by Crippen LogP contribution is 2.22. The van der Waals surface area contributed by atoms with Gasteiger partial charge >= 0.3 is 0 Å². The molecule has 0 aliphatic carbocycles. The average molecular weight is 262 g/mol. The normalized spacial score (nSPS) is 10.3. The molecular weight excluding hydrogens is 248 g/mol. The van der Waals surface area contributed by atoms with Crippen LogP contribution in [0.3, 0.4) is 0 Å². The van der Waals surface area contributed by atoms with E-state index < -0.39 is 0 Å². The molecule has 1 aromatic carbocycles. The SMILES string of the molecule is COc1ccc(CSc2nc(N)cc(N)n2)cc1. The van der Waals surface area contributed by atoms with E-state index in [4.69, 9.17) is 16.2 Å². The predicted octanol–water partition coefficient (Wildman–Crippen LogP) is 1.94. The van der Waals surface area contributed by atoms with Crippen LogP contribution in [0.15, 0.2) is 35.5 Å².